The van der Waals surface area contributed by atoms with E-state index in [9.17, 15) is 14.4 Å². The van der Waals surface area contributed by atoms with E-state index in [2.05, 4.69) is 21.3 Å². The van der Waals surface area contributed by atoms with E-state index in [0.29, 0.717) is 32.4 Å². The molecule has 146 valence electrons. The third kappa shape index (κ3) is 16.8. The molecule has 0 fully saturated rings. The average Bonchev–Trinajstić information content (AvgIpc) is 2.52. The molecule has 0 aliphatic heterocycles. The molecular weight excluding hydrogens is 324 g/mol. The molecule has 0 saturated heterocycles. The zero-order valence-electron chi connectivity index (χ0n) is 16.0. The van der Waals surface area contributed by atoms with Crippen LogP contribution in [0.5, 0.6) is 0 Å². The Hall–Kier alpha value is -1.83. The van der Waals surface area contributed by atoms with Crippen molar-refractivity contribution in [2.24, 2.45) is 0 Å². The van der Waals surface area contributed by atoms with Crippen molar-refractivity contribution in [3.8, 4) is 0 Å². The van der Waals surface area contributed by atoms with Gasteiger partial charge in [0.1, 0.15) is 5.60 Å². The Morgan fingerprint density at radius 2 is 1.36 bits per heavy atom. The first-order valence-corrected chi connectivity index (χ1v) is 8.89. The zero-order valence-corrected chi connectivity index (χ0v) is 16.0. The molecule has 8 nitrogen and oxygen atoms in total. The molecule has 0 aromatic carbocycles. The van der Waals surface area contributed by atoms with Gasteiger partial charge in [0.25, 0.3) is 0 Å². The molecular formula is C17H34N4O4. The van der Waals surface area contributed by atoms with E-state index in [0.717, 1.165) is 25.9 Å². The van der Waals surface area contributed by atoms with Crippen molar-refractivity contribution >= 4 is 17.9 Å². The summed E-state index contributed by atoms with van der Waals surface area (Å²) < 4.78 is 5.10. The lowest BCUT2D eigenvalue weighted by Crippen LogP contribution is -2.33. The van der Waals surface area contributed by atoms with Gasteiger partial charge in [-0.05, 0) is 53.1 Å². The fraction of sp³-hybridized carbons (Fsp3) is 0.824. The number of carbonyl (C=O) groups is 3. The smallest absolute Gasteiger partial charge is 0.407 e. The van der Waals surface area contributed by atoms with Crippen molar-refractivity contribution in [1.82, 2.24) is 21.3 Å². The molecule has 4 N–H and O–H groups in total. The van der Waals surface area contributed by atoms with Gasteiger partial charge in [-0.2, -0.15) is 0 Å². The lowest BCUT2D eigenvalue weighted by Gasteiger charge is -2.19. The summed E-state index contributed by atoms with van der Waals surface area (Å²) in [6, 6.07) is 0. The fourth-order valence-electron chi connectivity index (χ4n) is 1.91. The van der Waals surface area contributed by atoms with Crippen LogP contribution >= 0.6 is 0 Å². The zero-order chi connectivity index (χ0) is 19.1. The number of hydrogen-bond acceptors (Lipinski definition) is 5. The summed E-state index contributed by atoms with van der Waals surface area (Å²) in [5, 5.41) is 11.3. The lowest BCUT2D eigenvalue weighted by molar-refractivity contribution is -0.121. The Morgan fingerprint density at radius 3 is 2.00 bits per heavy atom. The highest BCUT2D eigenvalue weighted by Crippen LogP contribution is 2.06. The Balaban J connectivity index is 3.42. The summed E-state index contributed by atoms with van der Waals surface area (Å²) >= 11 is 0. The second-order valence-corrected chi connectivity index (χ2v) is 6.76. The normalized spacial score (nSPS) is 10.9. The topological polar surface area (TPSA) is 109 Å². The first-order chi connectivity index (χ1) is 11.7. The van der Waals surface area contributed by atoms with Crippen LogP contribution in [0.3, 0.4) is 0 Å². The van der Waals surface area contributed by atoms with Crippen LogP contribution in [0.15, 0.2) is 0 Å². The van der Waals surface area contributed by atoms with Crippen LogP contribution in [0.25, 0.3) is 0 Å². The quantitative estimate of drug-likeness (QED) is 0.388. The van der Waals surface area contributed by atoms with Crippen molar-refractivity contribution in [3.05, 3.63) is 0 Å². The SMILES string of the molecule is CNC(=O)CCCNCCCNC(=O)CCCNC(=O)OC(C)(C)C. The first kappa shape index (κ1) is 23.2. The van der Waals surface area contributed by atoms with Gasteiger partial charge in [-0.25, -0.2) is 4.79 Å². The number of ether oxygens (including phenoxy) is 1. The Morgan fingerprint density at radius 1 is 0.800 bits per heavy atom. The molecule has 0 aliphatic carbocycles. The number of rotatable bonds is 12. The van der Waals surface area contributed by atoms with E-state index < -0.39 is 11.7 Å². The molecule has 0 aromatic rings. The maximum atomic E-state index is 11.6. The molecule has 0 radical (unpaired) electrons. The minimum atomic E-state index is -0.516. The highest BCUT2D eigenvalue weighted by Gasteiger charge is 2.15. The van der Waals surface area contributed by atoms with Crippen LogP contribution in [0, 0.1) is 0 Å². The number of alkyl carbamates (subject to hydrolysis) is 1. The third-order valence-electron chi connectivity index (χ3n) is 3.14. The molecule has 0 heterocycles. The summed E-state index contributed by atoms with van der Waals surface area (Å²) in [7, 11) is 1.63. The van der Waals surface area contributed by atoms with Gasteiger partial charge < -0.3 is 26.0 Å². The number of hydrogen-bond donors (Lipinski definition) is 4. The third-order valence-corrected chi connectivity index (χ3v) is 3.14. The van der Waals surface area contributed by atoms with Crippen molar-refractivity contribution in [2.45, 2.75) is 58.5 Å². The number of carbonyl (C=O) groups excluding carboxylic acids is 3. The predicted molar refractivity (Wildman–Crippen MR) is 97.3 cm³/mol. The van der Waals surface area contributed by atoms with E-state index in [1.54, 1.807) is 27.8 Å². The average molecular weight is 358 g/mol. The first-order valence-electron chi connectivity index (χ1n) is 8.89. The highest BCUT2D eigenvalue weighted by molar-refractivity contribution is 5.76. The number of nitrogens with one attached hydrogen (secondary N) is 4. The van der Waals surface area contributed by atoms with Gasteiger partial charge in [0.15, 0.2) is 0 Å². The summed E-state index contributed by atoms with van der Waals surface area (Å²) in [6.07, 6.45) is 2.64. The Bertz CT molecular complexity index is 408. The molecule has 0 aromatic heterocycles. The van der Waals surface area contributed by atoms with Crippen LogP contribution in [0.2, 0.25) is 0 Å². The van der Waals surface area contributed by atoms with Crippen LogP contribution in [0.1, 0.15) is 52.9 Å². The minimum Gasteiger partial charge on any atom is -0.444 e. The van der Waals surface area contributed by atoms with E-state index in [-0.39, 0.29) is 11.8 Å². The number of amides is 3. The molecule has 0 rings (SSSR count). The Labute approximate surface area is 150 Å². The lowest BCUT2D eigenvalue weighted by atomic mass is 10.2. The predicted octanol–water partition coefficient (Wildman–Crippen LogP) is 0.913. The summed E-state index contributed by atoms with van der Waals surface area (Å²) in [4.78, 5) is 34.1. The molecule has 0 atom stereocenters. The van der Waals surface area contributed by atoms with Crippen LogP contribution in [-0.2, 0) is 14.3 Å². The van der Waals surface area contributed by atoms with Gasteiger partial charge in [0, 0.05) is 33.0 Å². The van der Waals surface area contributed by atoms with Gasteiger partial charge in [-0.3, -0.25) is 9.59 Å². The maximum absolute atomic E-state index is 11.6. The molecule has 0 unspecified atom stereocenters. The maximum Gasteiger partial charge on any atom is 0.407 e. The summed E-state index contributed by atoms with van der Waals surface area (Å²) in [5.74, 6) is 0.0285. The molecule has 8 heteroatoms. The second-order valence-electron chi connectivity index (χ2n) is 6.76. The monoisotopic (exact) mass is 358 g/mol. The van der Waals surface area contributed by atoms with Crippen molar-refractivity contribution in [1.29, 1.82) is 0 Å². The van der Waals surface area contributed by atoms with Crippen molar-refractivity contribution in [2.75, 3.05) is 33.2 Å². The van der Waals surface area contributed by atoms with Crippen LogP contribution in [-0.4, -0.2) is 56.7 Å². The van der Waals surface area contributed by atoms with Gasteiger partial charge >= 0.3 is 6.09 Å². The molecule has 0 aliphatic rings. The van der Waals surface area contributed by atoms with Gasteiger partial charge in [0.2, 0.25) is 11.8 Å². The van der Waals surface area contributed by atoms with Gasteiger partial charge in [0.05, 0.1) is 0 Å². The minimum absolute atomic E-state index is 0.0226. The van der Waals surface area contributed by atoms with Crippen LogP contribution in [0.4, 0.5) is 4.79 Å². The highest BCUT2D eigenvalue weighted by atomic mass is 16.6. The molecule has 0 saturated carbocycles. The molecule has 0 spiro atoms. The summed E-state index contributed by atoms with van der Waals surface area (Å²) in [6.45, 7) is 8.02. The Kier molecular flexibility index (Phi) is 12.5. The summed E-state index contributed by atoms with van der Waals surface area (Å²) in [5.41, 5.74) is -0.516. The van der Waals surface area contributed by atoms with E-state index in [4.69, 9.17) is 4.74 Å². The van der Waals surface area contributed by atoms with Gasteiger partial charge in [-0.15, -0.1) is 0 Å². The van der Waals surface area contributed by atoms with Crippen LogP contribution < -0.4 is 21.3 Å². The molecule has 0 bridgehead atoms. The molecule has 25 heavy (non-hydrogen) atoms. The molecule has 3 amide bonds. The largest absolute Gasteiger partial charge is 0.444 e. The van der Waals surface area contributed by atoms with Gasteiger partial charge in [-0.1, -0.05) is 0 Å². The van der Waals surface area contributed by atoms with E-state index in [1.165, 1.54) is 0 Å². The van der Waals surface area contributed by atoms with E-state index >= 15 is 0 Å². The second kappa shape index (κ2) is 13.5. The fourth-order valence-corrected chi connectivity index (χ4v) is 1.91. The van der Waals surface area contributed by atoms with E-state index in [1.807, 2.05) is 0 Å². The van der Waals surface area contributed by atoms with Crippen molar-refractivity contribution in [3.63, 3.8) is 0 Å². The van der Waals surface area contributed by atoms with Crippen molar-refractivity contribution < 1.29 is 19.1 Å². The standard InChI is InChI=1S/C17H34N4O4/c1-17(2,3)25-16(24)21-12-6-9-15(23)20-13-7-11-19-10-5-8-14(22)18-4/h19H,5-13H2,1-4H3,(H,18,22)(H,20,23)(H,21,24).